The minimum atomic E-state index is -0.482. The molecule has 19 heavy (non-hydrogen) atoms. The van der Waals surface area contributed by atoms with Crippen molar-refractivity contribution >= 4 is 27.7 Å². The summed E-state index contributed by atoms with van der Waals surface area (Å²) in [5, 5.41) is 2.75. The average molecular weight is 325 g/mol. The molecule has 4 nitrogen and oxygen atoms in total. The van der Waals surface area contributed by atoms with E-state index < -0.39 is 6.04 Å². The highest BCUT2D eigenvalue weighted by Crippen LogP contribution is 2.12. The second kappa shape index (κ2) is 6.19. The molecule has 0 aromatic heterocycles. The van der Waals surface area contributed by atoms with Crippen molar-refractivity contribution in [2.75, 3.05) is 13.1 Å². The smallest absolute Gasteiger partial charge is 0.251 e. The average Bonchev–Trinajstić information content (AvgIpc) is 2.91. The zero-order valence-corrected chi connectivity index (χ0v) is 12.4. The number of rotatable bonds is 3. The number of hydrogen-bond donors (Lipinski definition) is 1. The topological polar surface area (TPSA) is 49.4 Å². The number of carbonyl (C=O) groups is 2. The molecule has 2 rings (SSSR count). The van der Waals surface area contributed by atoms with Crippen molar-refractivity contribution in [3.05, 3.63) is 34.3 Å². The molecular weight excluding hydrogens is 308 g/mol. The van der Waals surface area contributed by atoms with Crippen LogP contribution in [-0.2, 0) is 4.79 Å². The van der Waals surface area contributed by atoms with Crippen molar-refractivity contribution in [2.24, 2.45) is 0 Å². The molecule has 102 valence electrons. The van der Waals surface area contributed by atoms with Gasteiger partial charge in [0.1, 0.15) is 6.04 Å². The molecule has 1 saturated heterocycles. The summed E-state index contributed by atoms with van der Waals surface area (Å²) in [6.45, 7) is 3.34. The van der Waals surface area contributed by atoms with E-state index in [4.69, 9.17) is 0 Å². The van der Waals surface area contributed by atoms with Crippen molar-refractivity contribution in [1.82, 2.24) is 10.2 Å². The Morgan fingerprint density at radius 2 is 2.00 bits per heavy atom. The van der Waals surface area contributed by atoms with Crippen LogP contribution < -0.4 is 5.32 Å². The summed E-state index contributed by atoms with van der Waals surface area (Å²) in [6, 6.07) is 6.64. The van der Waals surface area contributed by atoms with E-state index in [0.717, 1.165) is 30.4 Å². The molecule has 1 aliphatic heterocycles. The first-order valence-electron chi connectivity index (χ1n) is 6.43. The van der Waals surface area contributed by atoms with Gasteiger partial charge < -0.3 is 10.2 Å². The number of nitrogens with one attached hydrogen (secondary N) is 1. The van der Waals surface area contributed by atoms with Crippen LogP contribution in [0.5, 0.6) is 0 Å². The zero-order valence-electron chi connectivity index (χ0n) is 10.9. The van der Waals surface area contributed by atoms with E-state index in [2.05, 4.69) is 21.2 Å². The maximum atomic E-state index is 12.1. The predicted octanol–water partition coefficient (Wildman–Crippen LogP) is 2.19. The normalized spacial score (nSPS) is 16.2. The maximum Gasteiger partial charge on any atom is 0.251 e. The Morgan fingerprint density at radius 3 is 2.63 bits per heavy atom. The third-order valence-electron chi connectivity index (χ3n) is 3.22. The van der Waals surface area contributed by atoms with Gasteiger partial charge in [-0.3, -0.25) is 9.59 Å². The molecule has 0 spiro atoms. The number of carbonyl (C=O) groups excluding carboxylic acids is 2. The Bertz CT molecular complexity index is 484. The van der Waals surface area contributed by atoms with Crippen LogP contribution in [0.1, 0.15) is 30.1 Å². The van der Waals surface area contributed by atoms with Gasteiger partial charge in [0.05, 0.1) is 0 Å². The Hall–Kier alpha value is -1.36. The van der Waals surface area contributed by atoms with E-state index in [1.807, 2.05) is 11.0 Å². The lowest BCUT2D eigenvalue weighted by molar-refractivity contribution is -0.131. The molecule has 1 heterocycles. The van der Waals surface area contributed by atoms with E-state index in [1.54, 1.807) is 25.1 Å². The fourth-order valence-electron chi connectivity index (χ4n) is 2.18. The first-order chi connectivity index (χ1) is 9.08. The Labute approximate surface area is 121 Å². The number of hydrogen-bond acceptors (Lipinski definition) is 2. The highest BCUT2D eigenvalue weighted by Gasteiger charge is 2.24. The highest BCUT2D eigenvalue weighted by molar-refractivity contribution is 9.10. The quantitative estimate of drug-likeness (QED) is 0.926. The van der Waals surface area contributed by atoms with E-state index in [-0.39, 0.29) is 11.8 Å². The molecule has 1 fully saturated rings. The number of amides is 2. The summed E-state index contributed by atoms with van der Waals surface area (Å²) in [6.07, 6.45) is 2.11. The summed E-state index contributed by atoms with van der Waals surface area (Å²) >= 11 is 3.32. The third kappa shape index (κ3) is 3.56. The number of halogens is 1. The van der Waals surface area contributed by atoms with Crippen molar-refractivity contribution in [1.29, 1.82) is 0 Å². The maximum absolute atomic E-state index is 12.1. The zero-order chi connectivity index (χ0) is 13.8. The largest absolute Gasteiger partial charge is 0.341 e. The SMILES string of the molecule is C[C@H](NC(=O)c1cccc(Br)c1)C(=O)N1CCCC1. The molecule has 0 radical (unpaired) electrons. The summed E-state index contributed by atoms with van der Waals surface area (Å²) in [5.41, 5.74) is 0.551. The highest BCUT2D eigenvalue weighted by atomic mass is 79.9. The third-order valence-corrected chi connectivity index (χ3v) is 3.72. The molecule has 0 saturated carbocycles. The van der Waals surface area contributed by atoms with Gasteiger partial charge in [0, 0.05) is 23.1 Å². The van der Waals surface area contributed by atoms with Gasteiger partial charge in [-0.05, 0) is 38.0 Å². The van der Waals surface area contributed by atoms with Crippen molar-refractivity contribution in [3.63, 3.8) is 0 Å². The van der Waals surface area contributed by atoms with Crippen LogP contribution in [0.4, 0.5) is 0 Å². The molecule has 0 unspecified atom stereocenters. The number of nitrogens with zero attached hydrogens (tertiary/aromatic N) is 1. The molecule has 1 aromatic carbocycles. The lowest BCUT2D eigenvalue weighted by atomic mass is 10.2. The minimum absolute atomic E-state index is 0.000784. The van der Waals surface area contributed by atoms with Crippen LogP contribution in [-0.4, -0.2) is 35.8 Å². The standard InChI is InChI=1S/C14H17BrN2O2/c1-10(14(19)17-7-2-3-8-17)16-13(18)11-5-4-6-12(15)9-11/h4-6,9-10H,2-3,7-8H2,1H3,(H,16,18)/t10-/m0/s1. The number of likely N-dealkylation sites (tertiary alicyclic amines) is 1. The van der Waals surface area contributed by atoms with Gasteiger partial charge in [-0.15, -0.1) is 0 Å². The molecule has 0 bridgehead atoms. The summed E-state index contributed by atoms with van der Waals surface area (Å²) in [4.78, 5) is 25.9. The predicted molar refractivity (Wildman–Crippen MR) is 76.9 cm³/mol. The van der Waals surface area contributed by atoms with E-state index >= 15 is 0 Å². The van der Waals surface area contributed by atoms with Crippen LogP contribution in [0.15, 0.2) is 28.7 Å². The first kappa shape index (κ1) is 14.1. The lowest BCUT2D eigenvalue weighted by Gasteiger charge is -2.21. The number of benzene rings is 1. The molecule has 1 aliphatic rings. The summed E-state index contributed by atoms with van der Waals surface area (Å²) in [5.74, 6) is -0.220. The van der Waals surface area contributed by atoms with Gasteiger partial charge in [-0.25, -0.2) is 0 Å². The van der Waals surface area contributed by atoms with E-state index in [1.165, 1.54) is 0 Å². The molecule has 1 aromatic rings. The van der Waals surface area contributed by atoms with Gasteiger partial charge in [-0.1, -0.05) is 22.0 Å². The van der Waals surface area contributed by atoms with Crippen LogP contribution in [0.2, 0.25) is 0 Å². The Morgan fingerprint density at radius 1 is 1.32 bits per heavy atom. The second-order valence-corrected chi connectivity index (χ2v) is 5.65. The fourth-order valence-corrected chi connectivity index (χ4v) is 2.58. The lowest BCUT2D eigenvalue weighted by Crippen LogP contribution is -2.45. The minimum Gasteiger partial charge on any atom is -0.341 e. The van der Waals surface area contributed by atoms with Crippen LogP contribution in [0, 0.1) is 0 Å². The van der Waals surface area contributed by atoms with E-state index in [9.17, 15) is 9.59 Å². The molecule has 0 aliphatic carbocycles. The van der Waals surface area contributed by atoms with Gasteiger partial charge in [0.15, 0.2) is 0 Å². The van der Waals surface area contributed by atoms with Crippen molar-refractivity contribution in [2.45, 2.75) is 25.8 Å². The van der Waals surface area contributed by atoms with Gasteiger partial charge in [0.25, 0.3) is 5.91 Å². The molecule has 1 atom stereocenters. The fraction of sp³-hybridized carbons (Fsp3) is 0.429. The van der Waals surface area contributed by atoms with E-state index in [0.29, 0.717) is 5.56 Å². The van der Waals surface area contributed by atoms with Crippen LogP contribution in [0.25, 0.3) is 0 Å². The molecule has 2 amide bonds. The monoisotopic (exact) mass is 324 g/mol. The van der Waals surface area contributed by atoms with Crippen LogP contribution in [0.3, 0.4) is 0 Å². The Balaban J connectivity index is 1.96. The molecular formula is C14H17BrN2O2. The first-order valence-corrected chi connectivity index (χ1v) is 7.22. The molecule has 5 heteroatoms. The van der Waals surface area contributed by atoms with Crippen molar-refractivity contribution < 1.29 is 9.59 Å². The van der Waals surface area contributed by atoms with Gasteiger partial charge in [0.2, 0.25) is 5.91 Å². The van der Waals surface area contributed by atoms with Gasteiger partial charge in [-0.2, -0.15) is 0 Å². The summed E-state index contributed by atoms with van der Waals surface area (Å²) in [7, 11) is 0. The van der Waals surface area contributed by atoms with Crippen LogP contribution >= 0.6 is 15.9 Å². The Kier molecular flexibility index (Phi) is 4.58. The summed E-state index contributed by atoms with van der Waals surface area (Å²) < 4.78 is 0.846. The van der Waals surface area contributed by atoms with Gasteiger partial charge >= 0.3 is 0 Å². The molecule has 1 N–H and O–H groups in total. The second-order valence-electron chi connectivity index (χ2n) is 4.74. The van der Waals surface area contributed by atoms with Crippen molar-refractivity contribution in [3.8, 4) is 0 Å².